The quantitative estimate of drug-likeness (QED) is 0.373. The van der Waals surface area contributed by atoms with Crippen molar-refractivity contribution in [2.45, 2.75) is 6.10 Å². The Morgan fingerprint density at radius 3 is 2.56 bits per heavy atom. The number of carbonyl (C=O) groups excluding carboxylic acids is 1. The maximum absolute atomic E-state index is 12.8. The average Bonchev–Trinajstić information content (AvgIpc) is 3.42. The van der Waals surface area contributed by atoms with Crippen LogP contribution < -0.4 is 10.6 Å². The molecule has 0 radical (unpaired) electrons. The number of nitrogens with two attached hydrogens (primary N) is 1. The van der Waals surface area contributed by atoms with Crippen LogP contribution in [0.1, 0.15) is 22.8 Å². The first-order chi connectivity index (χ1) is 19.0. The van der Waals surface area contributed by atoms with Crippen molar-refractivity contribution in [3.8, 4) is 17.2 Å². The lowest BCUT2D eigenvalue weighted by Gasteiger charge is -2.36. The fourth-order valence-electron chi connectivity index (χ4n) is 4.77. The number of carbonyl (C=O) groups is 1. The Kier molecular flexibility index (Phi) is 7.34. The molecular formula is C29H28N8O2. The summed E-state index contributed by atoms with van der Waals surface area (Å²) in [6.45, 7) is 2.18. The third kappa shape index (κ3) is 5.08. The number of aromatic nitrogens is 3. The Bertz CT molecular complexity index is 1580. The van der Waals surface area contributed by atoms with E-state index in [1.54, 1.807) is 47.2 Å². The number of allylic oxidation sites excluding steroid dienone is 1. The van der Waals surface area contributed by atoms with E-state index < -0.39 is 6.10 Å². The number of benzene rings is 1. The second kappa shape index (κ2) is 11.2. The summed E-state index contributed by atoms with van der Waals surface area (Å²) in [5.74, 6) is 0.498. The second-order valence-electron chi connectivity index (χ2n) is 9.15. The minimum absolute atomic E-state index is 0.291. The van der Waals surface area contributed by atoms with Crippen molar-refractivity contribution >= 4 is 29.0 Å². The number of pyridine rings is 2. The van der Waals surface area contributed by atoms with Crippen LogP contribution in [0.2, 0.25) is 0 Å². The summed E-state index contributed by atoms with van der Waals surface area (Å²) in [6, 6.07) is 17.0. The molecule has 1 aliphatic heterocycles. The van der Waals surface area contributed by atoms with Crippen LogP contribution in [-0.4, -0.2) is 70.0 Å². The van der Waals surface area contributed by atoms with Crippen LogP contribution in [0.15, 0.2) is 78.3 Å². The zero-order valence-electron chi connectivity index (χ0n) is 21.5. The fourth-order valence-corrected chi connectivity index (χ4v) is 4.77. The maximum atomic E-state index is 12.8. The Balaban J connectivity index is 1.36. The van der Waals surface area contributed by atoms with Crippen molar-refractivity contribution in [2.75, 3.05) is 38.1 Å². The van der Waals surface area contributed by atoms with Crippen LogP contribution in [0, 0.1) is 11.3 Å². The Morgan fingerprint density at radius 2 is 1.92 bits per heavy atom. The maximum Gasteiger partial charge on any atom is 0.256 e. The first kappa shape index (κ1) is 25.6. The summed E-state index contributed by atoms with van der Waals surface area (Å²) in [6.07, 6.45) is 7.13. The van der Waals surface area contributed by atoms with Gasteiger partial charge < -0.3 is 20.6 Å². The van der Waals surface area contributed by atoms with Crippen molar-refractivity contribution in [3.05, 3.63) is 90.0 Å². The van der Waals surface area contributed by atoms with Crippen molar-refractivity contribution in [1.82, 2.24) is 19.5 Å². The summed E-state index contributed by atoms with van der Waals surface area (Å²) < 4.78 is 1.67. The van der Waals surface area contributed by atoms with Crippen LogP contribution in [0.3, 0.4) is 0 Å². The van der Waals surface area contributed by atoms with E-state index in [2.05, 4.69) is 21.1 Å². The van der Waals surface area contributed by atoms with Gasteiger partial charge in [-0.25, -0.2) is 9.50 Å². The van der Waals surface area contributed by atoms with Gasteiger partial charge in [0.1, 0.15) is 11.9 Å². The van der Waals surface area contributed by atoms with Gasteiger partial charge in [0.2, 0.25) is 0 Å². The molecule has 1 aromatic carbocycles. The molecule has 39 heavy (non-hydrogen) atoms. The molecule has 1 aliphatic rings. The molecule has 196 valence electrons. The van der Waals surface area contributed by atoms with Crippen LogP contribution >= 0.6 is 0 Å². The van der Waals surface area contributed by atoms with E-state index in [1.807, 2.05) is 42.6 Å². The number of aliphatic hydroxyl groups is 1. The van der Waals surface area contributed by atoms with Gasteiger partial charge in [0.05, 0.1) is 17.3 Å². The number of piperazine rings is 1. The minimum atomic E-state index is -1.16. The van der Waals surface area contributed by atoms with Crippen molar-refractivity contribution < 1.29 is 9.90 Å². The SMILES string of the molecule is CN=CC(=CN)c1cc(-c2ccc(N3CCN(C(=O)C(O)c4ccccc4)CC3)nc2)c2c(C#N)cnn2c1. The van der Waals surface area contributed by atoms with Crippen LogP contribution in [0.25, 0.3) is 22.2 Å². The van der Waals surface area contributed by atoms with Gasteiger partial charge in [-0.15, -0.1) is 0 Å². The first-order valence-electron chi connectivity index (χ1n) is 12.5. The molecular weight excluding hydrogens is 492 g/mol. The predicted octanol–water partition coefficient (Wildman–Crippen LogP) is 2.65. The molecule has 4 heterocycles. The number of nitrogens with zero attached hydrogens (tertiary/aromatic N) is 7. The van der Waals surface area contributed by atoms with Gasteiger partial charge in [-0.1, -0.05) is 30.3 Å². The summed E-state index contributed by atoms with van der Waals surface area (Å²) >= 11 is 0. The Hall–Kier alpha value is -5.01. The lowest BCUT2D eigenvalue weighted by molar-refractivity contribution is -0.140. The van der Waals surface area contributed by atoms with E-state index in [4.69, 9.17) is 10.7 Å². The lowest BCUT2D eigenvalue weighted by Crippen LogP contribution is -2.50. The van der Waals surface area contributed by atoms with E-state index in [0.29, 0.717) is 42.8 Å². The minimum Gasteiger partial charge on any atom is -0.404 e. The summed E-state index contributed by atoms with van der Waals surface area (Å²) in [4.78, 5) is 25.4. The van der Waals surface area contributed by atoms with Crippen LogP contribution in [0.5, 0.6) is 0 Å². The highest BCUT2D eigenvalue weighted by Crippen LogP contribution is 2.31. The predicted molar refractivity (Wildman–Crippen MR) is 150 cm³/mol. The molecule has 3 aromatic heterocycles. The lowest BCUT2D eigenvalue weighted by atomic mass is 10.0. The second-order valence-corrected chi connectivity index (χ2v) is 9.15. The number of rotatable bonds is 6. The molecule has 3 N–H and O–H groups in total. The fraction of sp³-hybridized carbons (Fsp3) is 0.207. The van der Waals surface area contributed by atoms with Gasteiger partial charge in [0, 0.05) is 80.3 Å². The number of anilines is 1. The van der Waals surface area contributed by atoms with Gasteiger partial charge in [-0.2, -0.15) is 10.4 Å². The van der Waals surface area contributed by atoms with Gasteiger partial charge in [0.25, 0.3) is 5.91 Å². The molecule has 10 nitrogen and oxygen atoms in total. The molecule has 1 amide bonds. The Morgan fingerprint density at radius 1 is 1.15 bits per heavy atom. The monoisotopic (exact) mass is 520 g/mol. The highest BCUT2D eigenvalue weighted by atomic mass is 16.3. The van der Waals surface area contributed by atoms with E-state index in [9.17, 15) is 15.2 Å². The zero-order chi connectivity index (χ0) is 27.4. The summed E-state index contributed by atoms with van der Waals surface area (Å²) in [7, 11) is 1.68. The first-order valence-corrected chi connectivity index (χ1v) is 12.5. The molecule has 5 rings (SSSR count). The van der Waals surface area contributed by atoms with Crippen LogP contribution in [0.4, 0.5) is 5.82 Å². The van der Waals surface area contributed by atoms with E-state index in [1.165, 1.54) is 6.20 Å². The van der Waals surface area contributed by atoms with Crippen LogP contribution in [-0.2, 0) is 4.79 Å². The zero-order valence-corrected chi connectivity index (χ0v) is 21.5. The number of nitriles is 1. The van der Waals surface area contributed by atoms with Gasteiger partial charge in [-0.05, 0) is 23.8 Å². The number of fused-ring (bicyclic) bond motifs is 1. The molecule has 0 spiro atoms. The molecule has 1 unspecified atom stereocenters. The smallest absolute Gasteiger partial charge is 0.256 e. The highest BCUT2D eigenvalue weighted by molar-refractivity contribution is 6.10. The number of aliphatic hydroxyl groups excluding tert-OH is 1. The third-order valence-electron chi connectivity index (χ3n) is 6.84. The molecule has 1 fully saturated rings. The van der Waals surface area contributed by atoms with E-state index >= 15 is 0 Å². The molecule has 1 atom stereocenters. The van der Waals surface area contributed by atoms with Crippen molar-refractivity contribution in [3.63, 3.8) is 0 Å². The summed E-state index contributed by atoms with van der Waals surface area (Å²) in [5, 5.41) is 24.5. The van der Waals surface area contributed by atoms with Gasteiger partial charge >= 0.3 is 0 Å². The number of aliphatic imine (C=N–C) groups is 1. The van der Waals surface area contributed by atoms with Crippen molar-refractivity contribution in [1.29, 1.82) is 5.26 Å². The van der Waals surface area contributed by atoms with E-state index in [-0.39, 0.29) is 5.91 Å². The molecule has 4 aromatic rings. The van der Waals surface area contributed by atoms with E-state index in [0.717, 1.165) is 28.1 Å². The summed E-state index contributed by atoms with van der Waals surface area (Å²) in [5.41, 5.74) is 10.7. The van der Waals surface area contributed by atoms with Gasteiger partial charge in [-0.3, -0.25) is 9.79 Å². The number of hydrogen-bond donors (Lipinski definition) is 2. The molecule has 10 heteroatoms. The molecule has 0 aliphatic carbocycles. The molecule has 0 saturated carbocycles. The number of hydrogen-bond acceptors (Lipinski definition) is 8. The normalized spacial score (nSPS) is 15.1. The number of amides is 1. The standard InChI is InChI=1S/C29H28N8O2/c1-32-16-23(14-30)22-13-25(27-24(15-31)18-34-37(27)19-22)21-7-8-26(33-17-21)35-9-11-36(12-10-35)29(39)28(38)20-5-3-2-4-6-20/h2-8,13-14,16-19,28,38H,9-12,30H2,1H3. The van der Waals surface area contributed by atoms with Crippen molar-refractivity contribution in [2.24, 2.45) is 10.7 Å². The molecule has 0 bridgehead atoms. The molecule has 1 saturated heterocycles. The largest absolute Gasteiger partial charge is 0.404 e. The topological polar surface area (TPSA) is 136 Å². The highest BCUT2D eigenvalue weighted by Gasteiger charge is 2.27. The Labute approximate surface area is 225 Å². The average molecular weight is 521 g/mol. The third-order valence-corrected chi connectivity index (χ3v) is 6.84. The van der Waals surface area contributed by atoms with Gasteiger partial charge in [0.15, 0.2) is 6.10 Å².